The zero-order valence-corrected chi connectivity index (χ0v) is 8.34. The molecule has 0 amide bonds. The second-order valence-corrected chi connectivity index (χ2v) is 3.06. The fourth-order valence-corrected chi connectivity index (χ4v) is 1.26. The molecule has 0 saturated carbocycles. The Labute approximate surface area is 84.0 Å². The molecule has 1 fully saturated rings. The zero-order valence-electron chi connectivity index (χ0n) is 8.34. The maximum atomic E-state index is 10.6. The molecule has 1 heterocycles. The summed E-state index contributed by atoms with van der Waals surface area (Å²) in [7, 11) is 1.32. The fraction of sp³-hybridized carbons (Fsp3) is 0.700. The molecule has 78 valence electrons. The van der Waals surface area contributed by atoms with Gasteiger partial charge in [-0.15, -0.1) is 0 Å². The molecule has 0 atom stereocenters. The summed E-state index contributed by atoms with van der Waals surface area (Å²) in [6.45, 7) is 2.14. The summed E-state index contributed by atoms with van der Waals surface area (Å²) in [5.41, 5.74) is 0. The van der Waals surface area contributed by atoms with Gasteiger partial charge in [-0.3, -0.25) is 0 Å². The van der Waals surface area contributed by atoms with Crippen molar-refractivity contribution in [3.63, 3.8) is 0 Å². The highest BCUT2D eigenvalue weighted by Gasteiger charge is 2.11. The van der Waals surface area contributed by atoms with Crippen LogP contribution in [0.3, 0.4) is 0 Å². The third-order valence-electron chi connectivity index (χ3n) is 2.08. The molecule has 0 aromatic heterocycles. The highest BCUT2D eigenvalue weighted by atomic mass is 16.5. The predicted molar refractivity (Wildman–Crippen MR) is 51.6 cm³/mol. The Hall–Kier alpha value is -1.05. The number of hydrogen-bond acceptors (Lipinski definition) is 4. The molecule has 14 heavy (non-hydrogen) atoms. The van der Waals surface area contributed by atoms with E-state index in [0.29, 0.717) is 12.6 Å². The summed E-state index contributed by atoms with van der Waals surface area (Å²) >= 11 is 0. The summed E-state index contributed by atoms with van der Waals surface area (Å²) in [5.74, 6) is 4.59. The van der Waals surface area contributed by atoms with Gasteiger partial charge in [0.1, 0.15) is 0 Å². The summed E-state index contributed by atoms with van der Waals surface area (Å²) in [5, 5.41) is 3.24. The molecule has 0 aromatic rings. The minimum atomic E-state index is -0.487. The monoisotopic (exact) mass is 197 g/mol. The molecule has 4 heteroatoms. The maximum Gasteiger partial charge on any atom is 0.384 e. The second-order valence-electron chi connectivity index (χ2n) is 3.06. The third kappa shape index (κ3) is 4.26. The van der Waals surface area contributed by atoms with E-state index in [0.717, 1.165) is 26.1 Å². The normalized spacial score (nSPS) is 16.9. The van der Waals surface area contributed by atoms with Crippen LogP contribution in [0.1, 0.15) is 12.8 Å². The third-order valence-corrected chi connectivity index (χ3v) is 2.08. The van der Waals surface area contributed by atoms with Crippen LogP contribution in [0.25, 0.3) is 0 Å². The highest BCUT2D eigenvalue weighted by Crippen LogP contribution is 2.04. The molecule has 1 rings (SSSR count). The average molecular weight is 197 g/mol. The number of rotatable bonds is 2. The molecule has 1 saturated heterocycles. The van der Waals surface area contributed by atoms with Crippen molar-refractivity contribution in [2.45, 2.75) is 18.9 Å². The van der Waals surface area contributed by atoms with Gasteiger partial charge in [-0.2, -0.15) is 0 Å². The Balaban J connectivity index is 2.12. The topological polar surface area (TPSA) is 47.6 Å². The van der Waals surface area contributed by atoms with Crippen molar-refractivity contribution in [2.24, 2.45) is 0 Å². The Bertz CT molecular complexity index is 235. The quantitative estimate of drug-likeness (QED) is 0.382. The van der Waals surface area contributed by atoms with Crippen molar-refractivity contribution >= 4 is 5.97 Å². The van der Waals surface area contributed by atoms with Crippen LogP contribution in [-0.4, -0.2) is 38.9 Å². The second kappa shape index (κ2) is 6.41. The molecule has 0 spiro atoms. The average Bonchev–Trinajstić information content (AvgIpc) is 2.25. The first-order chi connectivity index (χ1) is 6.83. The lowest BCUT2D eigenvalue weighted by Crippen LogP contribution is -2.34. The standard InChI is InChI=1S/C10H15NO3/c1-13-10(12)3-2-6-11-9-4-7-14-8-5-9/h9,11H,4-8H2,1H3. The lowest BCUT2D eigenvalue weighted by molar-refractivity contribution is -0.133. The van der Waals surface area contributed by atoms with Crippen LogP contribution in [0.4, 0.5) is 0 Å². The molecular formula is C10H15NO3. The Morgan fingerprint density at radius 3 is 2.93 bits per heavy atom. The Morgan fingerprint density at radius 1 is 1.57 bits per heavy atom. The van der Waals surface area contributed by atoms with Gasteiger partial charge >= 0.3 is 5.97 Å². The van der Waals surface area contributed by atoms with Gasteiger partial charge in [0.2, 0.25) is 0 Å². The van der Waals surface area contributed by atoms with Gasteiger partial charge in [0.05, 0.1) is 13.7 Å². The van der Waals surface area contributed by atoms with E-state index in [4.69, 9.17) is 4.74 Å². The van der Waals surface area contributed by atoms with Crippen molar-refractivity contribution < 1.29 is 14.3 Å². The Morgan fingerprint density at radius 2 is 2.29 bits per heavy atom. The summed E-state index contributed by atoms with van der Waals surface area (Å²) in [6, 6.07) is 0.468. The smallest absolute Gasteiger partial charge is 0.384 e. The minimum absolute atomic E-state index is 0.468. The van der Waals surface area contributed by atoms with Crippen LogP contribution in [0, 0.1) is 11.8 Å². The van der Waals surface area contributed by atoms with Crippen molar-refractivity contribution in [2.75, 3.05) is 26.9 Å². The van der Waals surface area contributed by atoms with Gasteiger partial charge in [-0.05, 0) is 12.8 Å². The van der Waals surface area contributed by atoms with Gasteiger partial charge < -0.3 is 14.8 Å². The number of ether oxygens (including phenoxy) is 2. The number of esters is 1. The van der Waals surface area contributed by atoms with E-state index in [-0.39, 0.29) is 0 Å². The SMILES string of the molecule is COC(=O)C#CCNC1CCOCC1. The molecule has 1 N–H and O–H groups in total. The van der Waals surface area contributed by atoms with E-state index < -0.39 is 5.97 Å². The number of hydrogen-bond donors (Lipinski definition) is 1. The number of nitrogens with one attached hydrogen (secondary N) is 1. The molecular weight excluding hydrogens is 182 g/mol. The van der Waals surface area contributed by atoms with Gasteiger partial charge in [-0.1, -0.05) is 5.92 Å². The van der Waals surface area contributed by atoms with Crippen LogP contribution >= 0.6 is 0 Å². The first-order valence-electron chi connectivity index (χ1n) is 4.71. The molecule has 0 unspecified atom stereocenters. The Kier molecular flexibility index (Phi) is 5.05. The summed E-state index contributed by atoms with van der Waals surface area (Å²) in [4.78, 5) is 10.6. The number of methoxy groups -OCH3 is 1. The van der Waals surface area contributed by atoms with E-state index in [1.54, 1.807) is 0 Å². The van der Waals surface area contributed by atoms with E-state index in [1.165, 1.54) is 7.11 Å². The molecule has 1 aliphatic heterocycles. The summed E-state index contributed by atoms with van der Waals surface area (Å²) < 4.78 is 9.59. The largest absolute Gasteiger partial charge is 0.459 e. The zero-order chi connectivity index (χ0) is 10.2. The number of carbonyl (C=O) groups is 1. The van der Waals surface area contributed by atoms with Crippen LogP contribution in [-0.2, 0) is 14.3 Å². The van der Waals surface area contributed by atoms with E-state index in [1.807, 2.05) is 0 Å². The van der Waals surface area contributed by atoms with Gasteiger partial charge in [0.25, 0.3) is 0 Å². The van der Waals surface area contributed by atoms with Gasteiger partial charge in [-0.25, -0.2) is 4.79 Å². The minimum Gasteiger partial charge on any atom is -0.459 e. The van der Waals surface area contributed by atoms with E-state index in [2.05, 4.69) is 21.9 Å². The molecule has 0 aromatic carbocycles. The maximum absolute atomic E-state index is 10.6. The van der Waals surface area contributed by atoms with Crippen molar-refractivity contribution in [3.05, 3.63) is 0 Å². The molecule has 0 bridgehead atoms. The van der Waals surface area contributed by atoms with E-state index >= 15 is 0 Å². The van der Waals surface area contributed by atoms with Crippen molar-refractivity contribution in [3.8, 4) is 11.8 Å². The molecule has 1 aliphatic rings. The first-order valence-corrected chi connectivity index (χ1v) is 4.71. The molecule has 0 aliphatic carbocycles. The summed E-state index contributed by atoms with van der Waals surface area (Å²) in [6.07, 6.45) is 2.03. The van der Waals surface area contributed by atoms with Crippen LogP contribution in [0.5, 0.6) is 0 Å². The predicted octanol–water partition coefficient (Wildman–Crippen LogP) is -0.0686. The lowest BCUT2D eigenvalue weighted by Gasteiger charge is -2.21. The van der Waals surface area contributed by atoms with Crippen molar-refractivity contribution in [1.29, 1.82) is 0 Å². The molecule has 0 radical (unpaired) electrons. The number of carbonyl (C=O) groups excluding carboxylic acids is 1. The van der Waals surface area contributed by atoms with E-state index in [9.17, 15) is 4.79 Å². The highest BCUT2D eigenvalue weighted by molar-refractivity contribution is 5.88. The molecule has 4 nitrogen and oxygen atoms in total. The van der Waals surface area contributed by atoms with Gasteiger partial charge in [0, 0.05) is 25.2 Å². The van der Waals surface area contributed by atoms with Crippen LogP contribution in [0.2, 0.25) is 0 Å². The van der Waals surface area contributed by atoms with Crippen molar-refractivity contribution in [1.82, 2.24) is 5.32 Å². The first kappa shape index (κ1) is 11.0. The lowest BCUT2D eigenvalue weighted by atomic mass is 10.1. The van der Waals surface area contributed by atoms with Crippen LogP contribution in [0.15, 0.2) is 0 Å². The fourth-order valence-electron chi connectivity index (χ4n) is 1.26. The van der Waals surface area contributed by atoms with Crippen LogP contribution < -0.4 is 5.32 Å². The van der Waals surface area contributed by atoms with Gasteiger partial charge in [0.15, 0.2) is 0 Å².